The quantitative estimate of drug-likeness (QED) is 0.742. The number of hydrogen-bond acceptors (Lipinski definition) is 3. The lowest BCUT2D eigenvalue weighted by molar-refractivity contribution is 0.0660. The van der Waals surface area contributed by atoms with E-state index in [1.54, 1.807) is 7.11 Å². The van der Waals surface area contributed by atoms with E-state index in [9.17, 15) is 0 Å². The molecule has 1 aromatic heterocycles. The Labute approximate surface area is 75.1 Å². The molecule has 1 unspecified atom stereocenters. The summed E-state index contributed by atoms with van der Waals surface area (Å²) in [5.74, 6) is 0. The normalized spacial score (nSPS) is 13.4. The van der Waals surface area contributed by atoms with Gasteiger partial charge in [0.15, 0.2) is 0 Å². The third-order valence-corrected chi connectivity index (χ3v) is 2.49. The third kappa shape index (κ3) is 2.45. The van der Waals surface area contributed by atoms with E-state index in [1.807, 2.05) is 18.4 Å². The Morgan fingerprint density at radius 2 is 2.45 bits per heavy atom. The summed E-state index contributed by atoms with van der Waals surface area (Å²) in [5.41, 5.74) is 3.98. The van der Waals surface area contributed by atoms with E-state index in [-0.39, 0.29) is 6.04 Å². The molecule has 0 saturated carbocycles. The van der Waals surface area contributed by atoms with Crippen LogP contribution in [-0.4, -0.2) is 7.11 Å². The van der Waals surface area contributed by atoms with Crippen LogP contribution in [0.25, 0.3) is 0 Å². The molecule has 62 valence electrons. The van der Waals surface area contributed by atoms with Crippen LogP contribution in [0.15, 0.2) is 11.4 Å². The van der Waals surface area contributed by atoms with Crippen molar-refractivity contribution in [1.29, 1.82) is 0 Å². The maximum absolute atomic E-state index is 5.75. The van der Waals surface area contributed by atoms with Crippen molar-refractivity contribution in [2.75, 3.05) is 7.11 Å². The summed E-state index contributed by atoms with van der Waals surface area (Å²) in [7, 11) is 1.60. The molecule has 1 aromatic rings. The Bertz CT molecular complexity index is 226. The van der Waals surface area contributed by atoms with Crippen molar-refractivity contribution < 1.29 is 4.84 Å². The topological polar surface area (TPSA) is 21.3 Å². The fourth-order valence-corrected chi connectivity index (χ4v) is 1.78. The Morgan fingerprint density at radius 3 is 2.91 bits per heavy atom. The predicted octanol–water partition coefficient (Wildman–Crippen LogP) is 2.61. The molecule has 0 aliphatic heterocycles. The monoisotopic (exact) mass is 191 g/mol. The smallest absolute Gasteiger partial charge is 0.0931 e. The van der Waals surface area contributed by atoms with Crippen molar-refractivity contribution in [1.82, 2.24) is 5.48 Å². The van der Waals surface area contributed by atoms with Gasteiger partial charge in [0.2, 0.25) is 0 Å². The van der Waals surface area contributed by atoms with Gasteiger partial charge in [0.25, 0.3) is 0 Å². The molecule has 1 atom stereocenters. The number of hydrogen-bond donors (Lipinski definition) is 1. The van der Waals surface area contributed by atoms with Crippen molar-refractivity contribution in [3.63, 3.8) is 0 Å². The molecule has 0 radical (unpaired) electrons. The van der Waals surface area contributed by atoms with Crippen LogP contribution >= 0.6 is 22.9 Å². The second-order valence-electron chi connectivity index (χ2n) is 2.23. The van der Waals surface area contributed by atoms with Gasteiger partial charge in [-0.25, -0.2) is 0 Å². The highest BCUT2D eigenvalue weighted by Crippen LogP contribution is 2.24. The van der Waals surface area contributed by atoms with Crippen LogP contribution in [-0.2, 0) is 4.84 Å². The van der Waals surface area contributed by atoms with E-state index in [1.165, 1.54) is 11.3 Å². The van der Waals surface area contributed by atoms with Crippen molar-refractivity contribution in [2.45, 2.75) is 13.0 Å². The first-order valence-corrected chi connectivity index (χ1v) is 4.52. The fraction of sp³-hybridized carbons (Fsp3) is 0.429. The van der Waals surface area contributed by atoms with Gasteiger partial charge in [-0.1, -0.05) is 11.6 Å². The molecule has 0 spiro atoms. The molecule has 0 amide bonds. The molecule has 0 bridgehead atoms. The zero-order valence-corrected chi connectivity index (χ0v) is 8.00. The van der Waals surface area contributed by atoms with Crippen molar-refractivity contribution in [2.24, 2.45) is 0 Å². The fourth-order valence-electron chi connectivity index (χ4n) is 0.795. The predicted molar refractivity (Wildman–Crippen MR) is 47.9 cm³/mol. The first-order valence-electron chi connectivity index (χ1n) is 3.26. The maximum atomic E-state index is 5.75. The van der Waals surface area contributed by atoms with Gasteiger partial charge in [-0.05, 0) is 23.9 Å². The summed E-state index contributed by atoms with van der Waals surface area (Å²) in [6.07, 6.45) is 0. The lowest BCUT2D eigenvalue weighted by Gasteiger charge is -2.08. The average molecular weight is 192 g/mol. The van der Waals surface area contributed by atoms with E-state index in [2.05, 4.69) is 5.48 Å². The van der Waals surface area contributed by atoms with E-state index in [0.717, 1.165) is 9.90 Å². The van der Waals surface area contributed by atoms with Gasteiger partial charge in [-0.3, -0.25) is 0 Å². The highest BCUT2D eigenvalue weighted by molar-refractivity contribution is 7.14. The Morgan fingerprint density at radius 1 is 1.73 bits per heavy atom. The minimum Gasteiger partial charge on any atom is -0.305 e. The molecule has 0 fully saturated rings. The second kappa shape index (κ2) is 4.07. The Balaban J connectivity index is 2.60. The molecule has 0 aliphatic carbocycles. The first-order chi connectivity index (χ1) is 5.24. The molecule has 0 saturated heterocycles. The van der Waals surface area contributed by atoms with Crippen molar-refractivity contribution >= 4 is 22.9 Å². The lowest BCUT2D eigenvalue weighted by atomic mass is 10.2. The molecule has 1 N–H and O–H groups in total. The van der Waals surface area contributed by atoms with Crippen LogP contribution in [0.4, 0.5) is 0 Å². The standard InChI is InChI=1S/C7H10ClNOS/c1-5(9-10-2)6-3-7(8)11-4-6/h3-5,9H,1-2H3. The van der Waals surface area contributed by atoms with E-state index in [0.29, 0.717) is 0 Å². The summed E-state index contributed by atoms with van der Waals surface area (Å²) in [6, 6.07) is 2.13. The lowest BCUT2D eigenvalue weighted by Crippen LogP contribution is -2.15. The van der Waals surface area contributed by atoms with Gasteiger partial charge in [0, 0.05) is 0 Å². The Hall–Kier alpha value is -0.0900. The molecule has 0 aromatic carbocycles. The van der Waals surface area contributed by atoms with Gasteiger partial charge in [-0.2, -0.15) is 5.48 Å². The zero-order valence-electron chi connectivity index (χ0n) is 6.43. The summed E-state index contributed by atoms with van der Waals surface area (Å²) >= 11 is 7.28. The molecule has 0 aliphatic rings. The van der Waals surface area contributed by atoms with Crippen LogP contribution in [0.3, 0.4) is 0 Å². The highest BCUT2D eigenvalue weighted by Gasteiger charge is 2.05. The minimum absolute atomic E-state index is 0.198. The van der Waals surface area contributed by atoms with E-state index >= 15 is 0 Å². The molecule has 11 heavy (non-hydrogen) atoms. The van der Waals surface area contributed by atoms with Gasteiger partial charge in [0.05, 0.1) is 17.5 Å². The molecule has 4 heteroatoms. The number of thiophene rings is 1. The summed E-state index contributed by atoms with van der Waals surface area (Å²) in [6.45, 7) is 2.02. The Kier molecular flexibility index (Phi) is 3.33. The molecule has 1 heterocycles. The van der Waals surface area contributed by atoms with E-state index < -0.39 is 0 Å². The number of rotatable bonds is 3. The third-order valence-electron chi connectivity index (χ3n) is 1.38. The van der Waals surface area contributed by atoms with E-state index in [4.69, 9.17) is 16.4 Å². The maximum Gasteiger partial charge on any atom is 0.0931 e. The van der Waals surface area contributed by atoms with Crippen LogP contribution in [0.5, 0.6) is 0 Å². The SMILES string of the molecule is CONC(C)c1csc(Cl)c1. The first kappa shape index (κ1) is 9.00. The average Bonchev–Trinajstić information content (AvgIpc) is 2.36. The van der Waals surface area contributed by atoms with Gasteiger partial charge in [0.1, 0.15) is 0 Å². The van der Waals surface area contributed by atoms with Crippen LogP contribution in [0, 0.1) is 0 Å². The van der Waals surface area contributed by atoms with Gasteiger partial charge in [-0.15, -0.1) is 11.3 Å². The number of nitrogens with one attached hydrogen (secondary N) is 1. The summed E-state index contributed by atoms with van der Waals surface area (Å²) in [4.78, 5) is 4.78. The van der Waals surface area contributed by atoms with Crippen molar-refractivity contribution in [3.05, 3.63) is 21.3 Å². The number of halogens is 1. The molecule has 2 nitrogen and oxygen atoms in total. The molecular weight excluding hydrogens is 182 g/mol. The minimum atomic E-state index is 0.198. The molecular formula is C7H10ClNOS. The number of hydroxylamine groups is 1. The largest absolute Gasteiger partial charge is 0.305 e. The molecule has 1 rings (SSSR count). The van der Waals surface area contributed by atoms with Gasteiger partial charge < -0.3 is 4.84 Å². The van der Waals surface area contributed by atoms with Crippen LogP contribution in [0.1, 0.15) is 18.5 Å². The summed E-state index contributed by atoms with van der Waals surface area (Å²) in [5, 5.41) is 2.01. The van der Waals surface area contributed by atoms with Crippen molar-refractivity contribution in [3.8, 4) is 0 Å². The van der Waals surface area contributed by atoms with Gasteiger partial charge >= 0.3 is 0 Å². The zero-order chi connectivity index (χ0) is 8.27. The summed E-state index contributed by atoms with van der Waals surface area (Å²) < 4.78 is 0.810. The van der Waals surface area contributed by atoms with Crippen LogP contribution in [0.2, 0.25) is 4.34 Å². The van der Waals surface area contributed by atoms with Crippen LogP contribution < -0.4 is 5.48 Å². The highest BCUT2D eigenvalue weighted by atomic mass is 35.5. The second-order valence-corrected chi connectivity index (χ2v) is 3.77.